The molecule has 0 spiro atoms. The number of rotatable bonds is 4. The van der Waals surface area contributed by atoms with Crippen LogP contribution in [-0.2, 0) is 22.9 Å². The molecule has 3 heterocycles. The number of piperazine rings is 1. The van der Waals surface area contributed by atoms with Crippen molar-refractivity contribution in [1.82, 2.24) is 9.80 Å². The molecular formula is C20H26N2O4S. The van der Waals surface area contributed by atoms with E-state index in [0.717, 1.165) is 35.7 Å². The molecule has 1 N–H and O–H groups in total. The van der Waals surface area contributed by atoms with Gasteiger partial charge in [0, 0.05) is 31.7 Å². The van der Waals surface area contributed by atoms with Gasteiger partial charge in [-0.05, 0) is 43.2 Å². The van der Waals surface area contributed by atoms with Gasteiger partial charge in [-0.25, -0.2) is 8.42 Å². The molecule has 2 fully saturated rings. The lowest BCUT2D eigenvalue weighted by Gasteiger charge is -2.43. The largest absolute Gasteiger partial charge is 0.508 e. The van der Waals surface area contributed by atoms with Crippen LogP contribution in [0.1, 0.15) is 22.6 Å². The number of aromatic hydroxyl groups is 1. The molecule has 2 aliphatic heterocycles. The Morgan fingerprint density at radius 3 is 2.30 bits per heavy atom. The monoisotopic (exact) mass is 390 g/mol. The molecule has 0 radical (unpaired) electrons. The van der Waals surface area contributed by atoms with Gasteiger partial charge in [-0.2, -0.15) is 0 Å². The first-order valence-electron chi connectivity index (χ1n) is 9.33. The quantitative estimate of drug-likeness (QED) is 0.862. The highest BCUT2D eigenvalue weighted by Crippen LogP contribution is 2.30. The van der Waals surface area contributed by atoms with Gasteiger partial charge in [0.25, 0.3) is 0 Å². The number of phenolic OH excluding ortho intramolecular Hbond substituents is 1. The maximum Gasteiger partial charge on any atom is 0.153 e. The fourth-order valence-corrected chi connectivity index (χ4v) is 6.35. The fraction of sp³-hybridized carbons (Fsp3) is 0.500. The summed E-state index contributed by atoms with van der Waals surface area (Å²) in [6.07, 6.45) is 0. The van der Waals surface area contributed by atoms with E-state index >= 15 is 0 Å². The van der Waals surface area contributed by atoms with Crippen LogP contribution in [0.4, 0.5) is 0 Å². The number of aryl methyl sites for hydroxylation is 2. The molecule has 2 aliphatic rings. The van der Waals surface area contributed by atoms with Crippen LogP contribution in [-0.4, -0.2) is 60.0 Å². The molecular weight excluding hydrogens is 364 g/mol. The molecule has 7 heteroatoms. The predicted octanol–water partition coefficient (Wildman–Crippen LogP) is 2.09. The average Bonchev–Trinajstić information content (AvgIpc) is 3.15. The van der Waals surface area contributed by atoms with Gasteiger partial charge in [-0.3, -0.25) is 9.80 Å². The molecule has 0 saturated carbocycles. The lowest BCUT2D eigenvalue weighted by atomic mass is 10.0. The van der Waals surface area contributed by atoms with Crippen LogP contribution in [0.25, 0.3) is 0 Å². The standard InChI is InChI=1S/C20H26N2O4S/c1-14-9-16(4-6-20(14)23)10-21-7-8-22(11-17-5-3-15(2)26-17)19-13-27(24,25)12-18(19)21/h3-6,9,18-19,23H,7-8,10-13H2,1-2H3/t18-,19+/m0/s1. The zero-order valence-electron chi connectivity index (χ0n) is 15.8. The number of hydrogen-bond donors (Lipinski definition) is 1. The van der Waals surface area contributed by atoms with Gasteiger partial charge in [0.2, 0.25) is 0 Å². The summed E-state index contributed by atoms with van der Waals surface area (Å²) in [5.74, 6) is 2.48. The highest BCUT2D eigenvalue weighted by atomic mass is 32.2. The van der Waals surface area contributed by atoms with E-state index in [2.05, 4.69) is 9.80 Å². The Hall–Kier alpha value is -1.83. The maximum absolute atomic E-state index is 12.4. The minimum Gasteiger partial charge on any atom is -0.508 e. The second-order valence-electron chi connectivity index (χ2n) is 7.79. The molecule has 2 atom stereocenters. The number of benzene rings is 1. The van der Waals surface area contributed by atoms with E-state index in [0.29, 0.717) is 18.8 Å². The van der Waals surface area contributed by atoms with Crippen molar-refractivity contribution in [2.75, 3.05) is 24.6 Å². The minimum absolute atomic E-state index is 0.00563. The number of hydrogen-bond acceptors (Lipinski definition) is 6. The van der Waals surface area contributed by atoms with Crippen LogP contribution < -0.4 is 0 Å². The molecule has 0 bridgehead atoms. The van der Waals surface area contributed by atoms with Crippen molar-refractivity contribution in [2.24, 2.45) is 0 Å². The summed E-state index contributed by atoms with van der Waals surface area (Å²) in [6.45, 7) is 6.78. The Morgan fingerprint density at radius 1 is 1.04 bits per heavy atom. The number of furan rings is 1. The van der Waals surface area contributed by atoms with E-state index in [9.17, 15) is 13.5 Å². The topological polar surface area (TPSA) is 74.0 Å². The fourth-order valence-electron chi connectivity index (χ4n) is 4.31. The van der Waals surface area contributed by atoms with Crippen LogP contribution in [0.15, 0.2) is 34.7 Å². The van der Waals surface area contributed by atoms with E-state index in [1.807, 2.05) is 38.1 Å². The molecule has 2 aromatic rings. The lowest BCUT2D eigenvalue weighted by Crippen LogP contribution is -2.58. The molecule has 1 aromatic carbocycles. The van der Waals surface area contributed by atoms with Gasteiger partial charge in [0.05, 0.1) is 18.1 Å². The summed E-state index contributed by atoms with van der Waals surface area (Å²) in [4.78, 5) is 4.54. The van der Waals surface area contributed by atoms with Gasteiger partial charge in [0.1, 0.15) is 17.3 Å². The first kappa shape index (κ1) is 18.5. The van der Waals surface area contributed by atoms with Crippen molar-refractivity contribution < 1.29 is 17.9 Å². The average molecular weight is 391 g/mol. The number of fused-ring (bicyclic) bond motifs is 1. The summed E-state index contributed by atoms with van der Waals surface area (Å²) in [5.41, 5.74) is 1.94. The summed E-state index contributed by atoms with van der Waals surface area (Å²) in [6, 6.07) is 9.51. The smallest absolute Gasteiger partial charge is 0.153 e. The van der Waals surface area contributed by atoms with E-state index in [1.54, 1.807) is 6.07 Å². The van der Waals surface area contributed by atoms with Crippen molar-refractivity contribution in [3.63, 3.8) is 0 Å². The van der Waals surface area contributed by atoms with Gasteiger partial charge in [-0.1, -0.05) is 12.1 Å². The molecule has 2 saturated heterocycles. The summed E-state index contributed by atoms with van der Waals surface area (Å²) in [7, 11) is -3.04. The Kier molecular flexibility index (Phi) is 4.78. The Labute approximate surface area is 160 Å². The third kappa shape index (κ3) is 3.90. The molecule has 0 aliphatic carbocycles. The number of nitrogens with zero attached hydrogens (tertiary/aromatic N) is 2. The normalized spacial score (nSPS) is 25.6. The van der Waals surface area contributed by atoms with Crippen molar-refractivity contribution in [3.05, 3.63) is 53.0 Å². The van der Waals surface area contributed by atoms with E-state index in [-0.39, 0.29) is 23.6 Å². The zero-order chi connectivity index (χ0) is 19.2. The predicted molar refractivity (Wildman–Crippen MR) is 103 cm³/mol. The lowest BCUT2D eigenvalue weighted by molar-refractivity contribution is 0.0316. The Bertz CT molecular complexity index is 937. The third-order valence-corrected chi connectivity index (χ3v) is 7.41. The maximum atomic E-state index is 12.4. The van der Waals surface area contributed by atoms with Gasteiger partial charge < -0.3 is 9.52 Å². The molecule has 1 aromatic heterocycles. The van der Waals surface area contributed by atoms with E-state index in [1.165, 1.54) is 0 Å². The van der Waals surface area contributed by atoms with E-state index < -0.39 is 9.84 Å². The van der Waals surface area contributed by atoms with Gasteiger partial charge in [0.15, 0.2) is 9.84 Å². The summed E-state index contributed by atoms with van der Waals surface area (Å²) >= 11 is 0. The second-order valence-corrected chi connectivity index (χ2v) is 9.94. The van der Waals surface area contributed by atoms with Crippen LogP contribution in [0.5, 0.6) is 5.75 Å². The first-order chi connectivity index (χ1) is 12.8. The highest BCUT2D eigenvalue weighted by molar-refractivity contribution is 7.91. The van der Waals surface area contributed by atoms with Gasteiger partial charge >= 0.3 is 0 Å². The molecule has 146 valence electrons. The van der Waals surface area contributed by atoms with Crippen molar-refractivity contribution in [3.8, 4) is 5.75 Å². The van der Waals surface area contributed by atoms with Crippen LogP contribution >= 0.6 is 0 Å². The summed E-state index contributed by atoms with van der Waals surface area (Å²) < 4.78 is 30.5. The Balaban J connectivity index is 1.53. The van der Waals surface area contributed by atoms with Crippen LogP contribution in [0.3, 0.4) is 0 Å². The molecule has 0 amide bonds. The first-order valence-corrected chi connectivity index (χ1v) is 11.2. The van der Waals surface area contributed by atoms with Crippen molar-refractivity contribution in [2.45, 2.75) is 39.0 Å². The molecule has 0 unspecified atom stereocenters. The highest BCUT2D eigenvalue weighted by Gasteiger charge is 2.46. The molecule has 4 rings (SSSR count). The van der Waals surface area contributed by atoms with Gasteiger partial charge in [-0.15, -0.1) is 0 Å². The minimum atomic E-state index is -3.04. The SMILES string of the molecule is Cc1ccc(CN2CCN(Cc3ccc(O)c(C)c3)[C@H]3CS(=O)(=O)C[C@H]32)o1. The number of phenols is 1. The second kappa shape index (κ2) is 6.96. The zero-order valence-corrected chi connectivity index (χ0v) is 16.6. The third-order valence-electron chi connectivity index (χ3n) is 5.71. The Morgan fingerprint density at radius 2 is 1.70 bits per heavy atom. The van der Waals surface area contributed by atoms with Crippen LogP contribution in [0.2, 0.25) is 0 Å². The van der Waals surface area contributed by atoms with Crippen LogP contribution in [0, 0.1) is 13.8 Å². The number of sulfone groups is 1. The van der Waals surface area contributed by atoms with E-state index in [4.69, 9.17) is 4.42 Å². The van der Waals surface area contributed by atoms with Crippen molar-refractivity contribution in [1.29, 1.82) is 0 Å². The molecule has 6 nitrogen and oxygen atoms in total. The summed E-state index contributed by atoms with van der Waals surface area (Å²) in [5, 5.41) is 9.74. The van der Waals surface area contributed by atoms with Crippen molar-refractivity contribution >= 4 is 9.84 Å². The molecule has 27 heavy (non-hydrogen) atoms.